The Morgan fingerprint density at radius 1 is 1.26 bits per heavy atom. The van der Waals surface area contributed by atoms with E-state index in [2.05, 4.69) is 20.8 Å². The Labute approximate surface area is 143 Å². The lowest BCUT2D eigenvalue weighted by Gasteiger charge is -2.17. The molecule has 2 N–H and O–H groups in total. The summed E-state index contributed by atoms with van der Waals surface area (Å²) in [5, 5.41) is 13.9. The van der Waals surface area contributed by atoms with Crippen LogP contribution in [0.1, 0.15) is 31.9 Å². The predicted molar refractivity (Wildman–Crippen MR) is 92.6 cm³/mol. The summed E-state index contributed by atoms with van der Waals surface area (Å²) in [5.41, 5.74) is 0.886. The van der Waals surface area contributed by atoms with Crippen LogP contribution in [0.2, 0.25) is 0 Å². The number of thioether (sulfide) groups is 1. The normalized spacial score (nSPS) is 11.7. The second kappa shape index (κ2) is 8.64. The lowest BCUT2D eigenvalue weighted by Crippen LogP contribution is -2.29. The number of anilines is 1. The molecular weight excluding hydrogens is 332 g/mol. The van der Waals surface area contributed by atoms with E-state index < -0.39 is 0 Å². The molecule has 0 aliphatic heterocycles. The molecule has 8 heteroatoms. The van der Waals surface area contributed by atoms with Gasteiger partial charge >= 0.3 is 0 Å². The summed E-state index contributed by atoms with van der Waals surface area (Å²) in [5.74, 6) is 0.516. The predicted octanol–water partition coefficient (Wildman–Crippen LogP) is 2.86. The van der Waals surface area contributed by atoms with Crippen LogP contribution in [0, 0.1) is 0 Å². The van der Waals surface area contributed by atoms with Crippen LogP contribution >= 0.6 is 23.1 Å². The monoisotopic (exact) mass is 350 g/mol. The Morgan fingerprint density at radius 2 is 2.00 bits per heavy atom. The standard InChI is InChI=1S/C15H18N4O2S2/c1-3-22-15-19-18-14(23-15)17-13(21)9-12(16-10(2)20)11-7-5-4-6-8-11/h4-8,12H,3,9H2,1-2H3,(H,16,20)(H,17,18,21)/t12-/m0/s1. The third-order valence-corrected chi connectivity index (χ3v) is 4.74. The smallest absolute Gasteiger partial charge is 0.228 e. The van der Waals surface area contributed by atoms with Crippen molar-refractivity contribution in [3.8, 4) is 0 Å². The number of aromatic nitrogens is 2. The Bertz CT molecular complexity index is 661. The van der Waals surface area contributed by atoms with E-state index in [1.54, 1.807) is 11.8 Å². The van der Waals surface area contributed by atoms with Crippen LogP contribution in [0.5, 0.6) is 0 Å². The molecule has 1 aromatic carbocycles. The van der Waals surface area contributed by atoms with Crippen LogP contribution in [-0.4, -0.2) is 27.8 Å². The van der Waals surface area contributed by atoms with E-state index in [1.807, 2.05) is 37.3 Å². The van der Waals surface area contributed by atoms with Crippen LogP contribution in [0.4, 0.5) is 5.13 Å². The molecule has 1 atom stereocenters. The fourth-order valence-electron chi connectivity index (χ4n) is 1.98. The summed E-state index contributed by atoms with van der Waals surface area (Å²) < 4.78 is 0.823. The molecule has 1 heterocycles. The lowest BCUT2D eigenvalue weighted by molar-refractivity contribution is -0.120. The average molecular weight is 350 g/mol. The average Bonchev–Trinajstić information content (AvgIpc) is 2.94. The van der Waals surface area contributed by atoms with Crippen molar-refractivity contribution in [1.29, 1.82) is 0 Å². The van der Waals surface area contributed by atoms with E-state index >= 15 is 0 Å². The molecule has 0 aliphatic rings. The van der Waals surface area contributed by atoms with Gasteiger partial charge in [0, 0.05) is 6.92 Å². The lowest BCUT2D eigenvalue weighted by atomic mass is 10.0. The molecule has 122 valence electrons. The van der Waals surface area contributed by atoms with Crippen molar-refractivity contribution in [3.05, 3.63) is 35.9 Å². The minimum absolute atomic E-state index is 0.138. The number of hydrogen-bond acceptors (Lipinski definition) is 6. The molecular formula is C15H18N4O2S2. The summed E-state index contributed by atoms with van der Waals surface area (Å²) in [6.07, 6.45) is 0.138. The topological polar surface area (TPSA) is 84.0 Å². The fraction of sp³-hybridized carbons (Fsp3) is 0.333. The Hall–Kier alpha value is -1.93. The molecule has 0 bridgehead atoms. The van der Waals surface area contributed by atoms with Crippen LogP contribution in [-0.2, 0) is 9.59 Å². The first-order valence-electron chi connectivity index (χ1n) is 7.16. The number of nitrogens with zero attached hydrogens (tertiary/aromatic N) is 2. The van der Waals surface area contributed by atoms with E-state index in [4.69, 9.17) is 0 Å². The van der Waals surface area contributed by atoms with Crippen molar-refractivity contribution >= 4 is 40.0 Å². The molecule has 2 aromatic rings. The van der Waals surface area contributed by atoms with E-state index in [0.717, 1.165) is 15.7 Å². The largest absolute Gasteiger partial charge is 0.349 e. The first-order valence-corrected chi connectivity index (χ1v) is 8.97. The van der Waals surface area contributed by atoms with Crippen LogP contribution in [0.15, 0.2) is 34.7 Å². The summed E-state index contributed by atoms with van der Waals surface area (Å²) in [6, 6.07) is 9.04. The van der Waals surface area contributed by atoms with Gasteiger partial charge in [0.1, 0.15) is 0 Å². The maximum absolute atomic E-state index is 12.2. The van der Waals surface area contributed by atoms with Gasteiger partial charge in [-0.3, -0.25) is 9.59 Å². The van der Waals surface area contributed by atoms with E-state index in [9.17, 15) is 9.59 Å². The number of nitrogens with one attached hydrogen (secondary N) is 2. The SMILES string of the molecule is CCSc1nnc(NC(=O)C[C@H](NC(C)=O)c2ccccc2)s1. The molecule has 0 spiro atoms. The van der Waals surface area contributed by atoms with E-state index in [1.165, 1.54) is 18.3 Å². The first-order chi connectivity index (χ1) is 11.1. The Balaban J connectivity index is 2.00. The van der Waals surface area contributed by atoms with Crippen molar-refractivity contribution in [2.24, 2.45) is 0 Å². The van der Waals surface area contributed by atoms with Gasteiger partial charge in [-0.15, -0.1) is 10.2 Å². The minimum Gasteiger partial charge on any atom is -0.349 e. The zero-order valence-corrected chi connectivity index (χ0v) is 14.5. The van der Waals surface area contributed by atoms with Gasteiger partial charge in [-0.25, -0.2) is 0 Å². The highest BCUT2D eigenvalue weighted by molar-refractivity contribution is 8.01. The van der Waals surface area contributed by atoms with Gasteiger partial charge < -0.3 is 10.6 Å². The maximum atomic E-state index is 12.2. The number of benzene rings is 1. The molecule has 23 heavy (non-hydrogen) atoms. The maximum Gasteiger partial charge on any atom is 0.228 e. The number of carbonyl (C=O) groups is 2. The number of carbonyl (C=O) groups excluding carboxylic acids is 2. The molecule has 0 radical (unpaired) electrons. The summed E-state index contributed by atoms with van der Waals surface area (Å²) >= 11 is 2.92. The van der Waals surface area contributed by atoms with Gasteiger partial charge in [-0.05, 0) is 11.3 Å². The molecule has 2 rings (SSSR count). The third-order valence-electron chi connectivity index (χ3n) is 2.89. The van der Waals surface area contributed by atoms with Crippen LogP contribution in [0.3, 0.4) is 0 Å². The Kier molecular flexibility index (Phi) is 6.54. The molecule has 2 amide bonds. The minimum atomic E-state index is -0.369. The zero-order chi connectivity index (χ0) is 16.7. The zero-order valence-electron chi connectivity index (χ0n) is 12.9. The van der Waals surface area contributed by atoms with Gasteiger partial charge in [0.05, 0.1) is 12.5 Å². The second-order valence-electron chi connectivity index (χ2n) is 4.72. The number of rotatable bonds is 7. The third kappa shape index (κ3) is 5.65. The fourth-order valence-corrected chi connectivity index (χ4v) is 3.65. The van der Waals surface area contributed by atoms with Gasteiger partial charge in [-0.1, -0.05) is 60.4 Å². The molecule has 1 aromatic heterocycles. The number of hydrogen-bond donors (Lipinski definition) is 2. The van der Waals surface area contributed by atoms with Gasteiger partial charge in [0.25, 0.3) is 0 Å². The van der Waals surface area contributed by atoms with Crippen molar-refractivity contribution < 1.29 is 9.59 Å². The highest BCUT2D eigenvalue weighted by Gasteiger charge is 2.18. The van der Waals surface area contributed by atoms with Crippen molar-refractivity contribution in [3.63, 3.8) is 0 Å². The van der Waals surface area contributed by atoms with Gasteiger partial charge in [0.15, 0.2) is 4.34 Å². The molecule has 0 aliphatic carbocycles. The summed E-state index contributed by atoms with van der Waals surface area (Å²) in [7, 11) is 0. The molecule has 0 fully saturated rings. The van der Waals surface area contributed by atoms with Crippen LogP contribution < -0.4 is 10.6 Å². The van der Waals surface area contributed by atoms with E-state index in [0.29, 0.717) is 5.13 Å². The molecule has 0 saturated heterocycles. The van der Waals surface area contributed by atoms with Crippen molar-refractivity contribution in [2.75, 3.05) is 11.1 Å². The molecule has 0 unspecified atom stereocenters. The summed E-state index contributed by atoms with van der Waals surface area (Å²) in [6.45, 7) is 3.47. The van der Waals surface area contributed by atoms with Crippen molar-refractivity contribution in [2.45, 2.75) is 30.6 Å². The van der Waals surface area contributed by atoms with Crippen molar-refractivity contribution in [1.82, 2.24) is 15.5 Å². The molecule has 0 saturated carbocycles. The molecule has 6 nitrogen and oxygen atoms in total. The first kappa shape index (κ1) is 17.4. The highest BCUT2D eigenvalue weighted by atomic mass is 32.2. The second-order valence-corrected chi connectivity index (χ2v) is 7.21. The summed E-state index contributed by atoms with van der Waals surface area (Å²) in [4.78, 5) is 23.6. The van der Waals surface area contributed by atoms with Gasteiger partial charge in [-0.2, -0.15) is 0 Å². The van der Waals surface area contributed by atoms with E-state index in [-0.39, 0.29) is 24.3 Å². The Morgan fingerprint density at radius 3 is 2.65 bits per heavy atom. The number of amides is 2. The highest BCUT2D eigenvalue weighted by Crippen LogP contribution is 2.25. The van der Waals surface area contributed by atoms with Crippen LogP contribution in [0.25, 0.3) is 0 Å². The quantitative estimate of drug-likeness (QED) is 0.592. The van der Waals surface area contributed by atoms with Gasteiger partial charge in [0.2, 0.25) is 16.9 Å².